The van der Waals surface area contributed by atoms with Gasteiger partial charge in [-0.1, -0.05) is 54.6 Å². The van der Waals surface area contributed by atoms with Gasteiger partial charge in [0.25, 0.3) is 5.91 Å². The first-order valence-electron chi connectivity index (χ1n) is 10.2. The minimum absolute atomic E-state index is 0.0645. The molecule has 1 heterocycles. The van der Waals surface area contributed by atoms with E-state index in [9.17, 15) is 4.79 Å². The molecule has 3 N–H and O–H groups in total. The van der Waals surface area contributed by atoms with Crippen molar-refractivity contribution >= 4 is 17.5 Å². The van der Waals surface area contributed by atoms with E-state index in [1.165, 1.54) is 11.1 Å². The average molecular weight is 394 g/mol. The third-order valence-electron chi connectivity index (χ3n) is 5.73. The van der Waals surface area contributed by atoms with Gasteiger partial charge in [-0.25, -0.2) is 9.97 Å². The molecule has 2 aliphatic carbocycles. The third kappa shape index (κ3) is 3.39. The Morgan fingerprint density at radius 1 is 1.07 bits per heavy atom. The predicted octanol–water partition coefficient (Wildman–Crippen LogP) is 4.63. The monoisotopic (exact) mass is 394 g/mol. The lowest BCUT2D eigenvalue weighted by atomic mass is 9.78. The number of allylic oxidation sites excluding steroid dienone is 2. The van der Waals surface area contributed by atoms with Crippen molar-refractivity contribution in [2.45, 2.75) is 25.2 Å². The van der Waals surface area contributed by atoms with Crippen LogP contribution in [0.15, 0.2) is 78.5 Å². The molecule has 148 valence electrons. The summed E-state index contributed by atoms with van der Waals surface area (Å²) in [5, 5.41) is 2.99. The van der Waals surface area contributed by atoms with E-state index >= 15 is 0 Å². The molecular formula is C25H22N4O. The molecule has 0 bridgehead atoms. The van der Waals surface area contributed by atoms with Gasteiger partial charge in [0.15, 0.2) is 0 Å². The Bertz CT molecular complexity index is 1180. The normalized spacial score (nSPS) is 16.9. The standard InChI is InChI=1S/C25H22N4O/c26-25-27-15-18-14-22(20-8-4-5-9-21(20)23(18)29-25)16-10-12-19(13-11-16)28-24(30)17-6-2-1-3-7-17/h2,4-13,15,22H,1,3,14H2,(H,28,30)(H2,26,27,29). The van der Waals surface area contributed by atoms with E-state index in [-0.39, 0.29) is 11.8 Å². The van der Waals surface area contributed by atoms with E-state index in [4.69, 9.17) is 5.73 Å². The first-order valence-corrected chi connectivity index (χ1v) is 10.2. The fourth-order valence-electron chi connectivity index (χ4n) is 4.23. The van der Waals surface area contributed by atoms with Crippen molar-refractivity contribution in [1.82, 2.24) is 9.97 Å². The molecule has 0 saturated carbocycles. The molecule has 1 amide bonds. The van der Waals surface area contributed by atoms with E-state index in [2.05, 4.69) is 45.6 Å². The van der Waals surface area contributed by atoms with Gasteiger partial charge >= 0.3 is 0 Å². The number of aromatic nitrogens is 2. The Hall–Kier alpha value is -3.73. The summed E-state index contributed by atoms with van der Waals surface area (Å²) in [5.41, 5.74) is 12.9. The van der Waals surface area contributed by atoms with Crippen LogP contribution >= 0.6 is 0 Å². The van der Waals surface area contributed by atoms with Crippen molar-refractivity contribution in [1.29, 1.82) is 0 Å². The largest absolute Gasteiger partial charge is 0.368 e. The minimum Gasteiger partial charge on any atom is -0.368 e. The van der Waals surface area contributed by atoms with Crippen molar-refractivity contribution < 1.29 is 4.79 Å². The SMILES string of the molecule is Nc1ncc2c(n1)-c1ccccc1C(c1ccc(NC(=O)C3=CCCC=C3)cc1)C2. The number of benzene rings is 2. The number of nitrogen functional groups attached to an aromatic ring is 1. The molecule has 30 heavy (non-hydrogen) atoms. The Balaban J connectivity index is 1.42. The number of nitrogens with two attached hydrogens (primary N) is 1. The number of nitrogens with one attached hydrogen (secondary N) is 1. The quantitative estimate of drug-likeness (QED) is 0.679. The first-order chi connectivity index (χ1) is 14.7. The van der Waals surface area contributed by atoms with E-state index in [0.29, 0.717) is 5.95 Å². The van der Waals surface area contributed by atoms with Gasteiger partial charge in [-0.2, -0.15) is 0 Å². The summed E-state index contributed by atoms with van der Waals surface area (Å²) < 4.78 is 0. The molecule has 1 aromatic heterocycles. The van der Waals surface area contributed by atoms with E-state index < -0.39 is 0 Å². The smallest absolute Gasteiger partial charge is 0.255 e. The highest BCUT2D eigenvalue weighted by Crippen LogP contribution is 2.41. The number of amides is 1. The van der Waals surface area contributed by atoms with Crippen LogP contribution in [0.25, 0.3) is 11.3 Å². The number of hydrogen-bond acceptors (Lipinski definition) is 4. The lowest BCUT2D eigenvalue weighted by molar-refractivity contribution is -0.112. The molecule has 3 aromatic rings. The highest BCUT2D eigenvalue weighted by molar-refractivity contribution is 6.05. The van der Waals surface area contributed by atoms with Crippen LogP contribution in [-0.4, -0.2) is 15.9 Å². The topological polar surface area (TPSA) is 80.9 Å². The average Bonchev–Trinajstić information content (AvgIpc) is 2.80. The molecule has 0 radical (unpaired) electrons. The lowest BCUT2D eigenvalue weighted by Gasteiger charge is -2.27. The lowest BCUT2D eigenvalue weighted by Crippen LogP contribution is -2.16. The van der Waals surface area contributed by atoms with Crippen LogP contribution in [0.1, 0.15) is 35.4 Å². The summed E-state index contributed by atoms with van der Waals surface area (Å²) in [4.78, 5) is 21.1. The van der Waals surface area contributed by atoms with E-state index in [0.717, 1.165) is 47.3 Å². The van der Waals surface area contributed by atoms with Gasteiger partial charge < -0.3 is 11.1 Å². The zero-order chi connectivity index (χ0) is 20.5. The van der Waals surface area contributed by atoms with Crippen molar-refractivity contribution in [2.24, 2.45) is 0 Å². The van der Waals surface area contributed by atoms with Crippen LogP contribution in [0.3, 0.4) is 0 Å². The minimum atomic E-state index is -0.0645. The number of anilines is 2. The molecule has 2 aliphatic rings. The van der Waals surface area contributed by atoms with Crippen molar-refractivity contribution in [3.05, 3.63) is 95.2 Å². The summed E-state index contributed by atoms with van der Waals surface area (Å²) in [6.07, 6.45) is 10.5. The Morgan fingerprint density at radius 3 is 2.70 bits per heavy atom. The Morgan fingerprint density at radius 2 is 1.90 bits per heavy atom. The second-order valence-corrected chi connectivity index (χ2v) is 7.66. The van der Waals surface area contributed by atoms with Crippen LogP contribution in [-0.2, 0) is 11.2 Å². The van der Waals surface area contributed by atoms with Gasteiger partial charge in [-0.3, -0.25) is 4.79 Å². The summed E-state index contributed by atoms with van der Waals surface area (Å²) in [6.45, 7) is 0. The summed E-state index contributed by atoms with van der Waals surface area (Å²) in [5.74, 6) is 0.435. The van der Waals surface area contributed by atoms with Gasteiger partial charge in [-0.05, 0) is 48.1 Å². The van der Waals surface area contributed by atoms with Gasteiger partial charge in [-0.15, -0.1) is 0 Å². The van der Waals surface area contributed by atoms with Crippen LogP contribution in [0, 0.1) is 0 Å². The zero-order valence-corrected chi connectivity index (χ0v) is 16.5. The van der Waals surface area contributed by atoms with Crippen molar-refractivity contribution in [3.63, 3.8) is 0 Å². The summed E-state index contributed by atoms with van der Waals surface area (Å²) in [7, 11) is 0. The zero-order valence-electron chi connectivity index (χ0n) is 16.5. The number of carbonyl (C=O) groups excluding carboxylic acids is 1. The Labute approximate surface area is 175 Å². The highest BCUT2D eigenvalue weighted by Gasteiger charge is 2.27. The van der Waals surface area contributed by atoms with Crippen molar-refractivity contribution in [2.75, 3.05) is 11.1 Å². The fraction of sp³-hybridized carbons (Fsp3) is 0.160. The summed E-state index contributed by atoms with van der Waals surface area (Å²) in [6, 6.07) is 16.4. The maximum absolute atomic E-state index is 12.4. The molecular weight excluding hydrogens is 372 g/mol. The molecule has 5 nitrogen and oxygen atoms in total. The predicted molar refractivity (Wildman–Crippen MR) is 119 cm³/mol. The number of hydrogen-bond donors (Lipinski definition) is 2. The van der Waals surface area contributed by atoms with Crippen LogP contribution in [0.2, 0.25) is 0 Å². The maximum atomic E-state index is 12.4. The fourth-order valence-corrected chi connectivity index (χ4v) is 4.23. The number of rotatable bonds is 3. The molecule has 1 unspecified atom stereocenters. The molecule has 0 spiro atoms. The van der Waals surface area contributed by atoms with Gasteiger partial charge in [0.05, 0.1) is 5.69 Å². The van der Waals surface area contributed by atoms with Crippen LogP contribution < -0.4 is 11.1 Å². The highest BCUT2D eigenvalue weighted by atomic mass is 16.1. The number of fused-ring (bicyclic) bond motifs is 3. The molecule has 0 aliphatic heterocycles. The van der Waals surface area contributed by atoms with Crippen molar-refractivity contribution in [3.8, 4) is 11.3 Å². The number of nitrogens with zero attached hydrogens (tertiary/aromatic N) is 2. The van der Waals surface area contributed by atoms with Gasteiger partial charge in [0, 0.05) is 28.9 Å². The van der Waals surface area contributed by atoms with Crippen LogP contribution in [0.5, 0.6) is 0 Å². The first kappa shape index (κ1) is 18.3. The number of carbonyl (C=O) groups is 1. The second-order valence-electron chi connectivity index (χ2n) is 7.66. The molecule has 5 heteroatoms. The molecule has 1 atom stereocenters. The van der Waals surface area contributed by atoms with E-state index in [1.807, 2.05) is 42.6 Å². The molecule has 2 aromatic carbocycles. The Kier molecular flexibility index (Phi) is 4.64. The van der Waals surface area contributed by atoms with Crippen LogP contribution in [0.4, 0.5) is 11.6 Å². The molecule has 0 fully saturated rings. The maximum Gasteiger partial charge on any atom is 0.255 e. The second kappa shape index (κ2) is 7.59. The van der Waals surface area contributed by atoms with Gasteiger partial charge in [0.2, 0.25) is 5.95 Å². The molecule has 0 saturated heterocycles. The third-order valence-corrected chi connectivity index (χ3v) is 5.73. The molecule has 5 rings (SSSR count). The van der Waals surface area contributed by atoms with E-state index in [1.54, 1.807) is 0 Å². The summed E-state index contributed by atoms with van der Waals surface area (Å²) >= 11 is 0. The van der Waals surface area contributed by atoms with Gasteiger partial charge in [0.1, 0.15) is 0 Å².